The first-order chi connectivity index (χ1) is 16.1. The molecule has 0 saturated carbocycles. The standard InChI is InChI=1S/C24H17BrClN3O4S/c1-12-9-14(13(2)28(12)17-7-8-18(23(32)33)20(26)11-17)10-19-21(30)27-24(34)29(22(19)31)16-5-3-15(25)4-6-16/h3-11H,1-2H3,(H,32,33)(H,27,30,34)/b19-10+. The molecular weight excluding hydrogens is 542 g/mol. The number of thiocarbonyl (C=S) groups is 1. The molecule has 0 radical (unpaired) electrons. The molecule has 172 valence electrons. The number of carbonyl (C=O) groups is 3. The molecular formula is C24H17BrClN3O4S. The van der Waals surface area contributed by atoms with Gasteiger partial charge in [0.1, 0.15) is 5.57 Å². The van der Waals surface area contributed by atoms with Gasteiger partial charge in [-0.05, 0) is 86.2 Å². The summed E-state index contributed by atoms with van der Waals surface area (Å²) in [6, 6.07) is 13.5. The van der Waals surface area contributed by atoms with Crippen LogP contribution in [0.15, 0.2) is 58.6 Å². The molecule has 2 N–H and O–H groups in total. The number of hydrogen-bond acceptors (Lipinski definition) is 4. The van der Waals surface area contributed by atoms with E-state index < -0.39 is 17.8 Å². The van der Waals surface area contributed by atoms with Gasteiger partial charge >= 0.3 is 5.97 Å². The summed E-state index contributed by atoms with van der Waals surface area (Å²) in [6.45, 7) is 3.70. The summed E-state index contributed by atoms with van der Waals surface area (Å²) in [4.78, 5) is 38.5. The number of hydrogen-bond donors (Lipinski definition) is 2. The maximum Gasteiger partial charge on any atom is 0.337 e. The number of carboxylic acids is 1. The molecule has 2 heterocycles. The molecule has 7 nitrogen and oxygen atoms in total. The van der Waals surface area contributed by atoms with E-state index in [4.69, 9.17) is 23.8 Å². The predicted octanol–water partition coefficient (Wildman–Crippen LogP) is 5.04. The third-order valence-corrected chi connectivity index (χ3v) is 6.52. The highest BCUT2D eigenvalue weighted by molar-refractivity contribution is 9.10. The van der Waals surface area contributed by atoms with Crippen molar-refractivity contribution in [2.75, 3.05) is 4.90 Å². The topological polar surface area (TPSA) is 91.6 Å². The lowest BCUT2D eigenvalue weighted by molar-refractivity contribution is -0.122. The zero-order valence-electron chi connectivity index (χ0n) is 17.9. The van der Waals surface area contributed by atoms with Gasteiger partial charge in [-0.25, -0.2) is 4.79 Å². The lowest BCUT2D eigenvalue weighted by atomic mass is 10.1. The summed E-state index contributed by atoms with van der Waals surface area (Å²) in [5, 5.41) is 11.9. The van der Waals surface area contributed by atoms with Crippen molar-refractivity contribution in [1.29, 1.82) is 0 Å². The first kappa shape index (κ1) is 23.9. The van der Waals surface area contributed by atoms with E-state index in [1.165, 1.54) is 17.0 Å². The first-order valence-electron chi connectivity index (χ1n) is 9.97. The van der Waals surface area contributed by atoms with Crippen molar-refractivity contribution in [3.8, 4) is 5.69 Å². The number of halogens is 2. The summed E-state index contributed by atoms with van der Waals surface area (Å²) in [6.07, 6.45) is 1.53. The van der Waals surface area contributed by atoms with Crippen molar-refractivity contribution in [2.24, 2.45) is 0 Å². The molecule has 10 heteroatoms. The summed E-state index contributed by atoms with van der Waals surface area (Å²) in [5.74, 6) is -2.23. The molecule has 34 heavy (non-hydrogen) atoms. The number of nitrogens with one attached hydrogen (secondary N) is 1. The van der Waals surface area contributed by atoms with Crippen molar-refractivity contribution in [3.63, 3.8) is 0 Å². The molecule has 0 aliphatic carbocycles. The van der Waals surface area contributed by atoms with Gasteiger partial charge < -0.3 is 9.67 Å². The highest BCUT2D eigenvalue weighted by atomic mass is 79.9. The van der Waals surface area contributed by atoms with Crippen LogP contribution in [0.2, 0.25) is 5.02 Å². The van der Waals surface area contributed by atoms with E-state index in [2.05, 4.69) is 21.2 Å². The van der Waals surface area contributed by atoms with Crippen LogP contribution in [0.3, 0.4) is 0 Å². The van der Waals surface area contributed by atoms with Crippen LogP contribution in [-0.2, 0) is 9.59 Å². The molecule has 0 unspecified atom stereocenters. The molecule has 2 aromatic carbocycles. The number of benzene rings is 2. The number of anilines is 1. The second-order valence-electron chi connectivity index (χ2n) is 7.57. The van der Waals surface area contributed by atoms with E-state index in [0.29, 0.717) is 16.9 Å². The first-order valence-corrected chi connectivity index (χ1v) is 11.6. The van der Waals surface area contributed by atoms with Gasteiger partial charge in [-0.3, -0.25) is 19.8 Å². The van der Waals surface area contributed by atoms with Gasteiger partial charge in [0.25, 0.3) is 11.8 Å². The Morgan fingerprint density at radius 2 is 1.74 bits per heavy atom. The molecule has 0 bridgehead atoms. The van der Waals surface area contributed by atoms with E-state index in [1.807, 2.05) is 24.5 Å². The molecule has 3 aromatic rings. The SMILES string of the molecule is Cc1cc(/C=C2\C(=O)NC(=S)N(c3ccc(Br)cc3)C2=O)c(C)n1-c1ccc(C(=O)O)c(Cl)c1. The van der Waals surface area contributed by atoms with Crippen LogP contribution in [-0.4, -0.2) is 32.6 Å². The van der Waals surface area contributed by atoms with Crippen LogP contribution in [0.1, 0.15) is 27.3 Å². The molecule has 1 fully saturated rings. The van der Waals surface area contributed by atoms with Gasteiger partial charge in [-0.1, -0.05) is 27.5 Å². The van der Waals surface area contributed by atoms with Crippen LogP contribution in [0.25, 0.3) is 11.8 Å². The molecule has 1 aliphatic rings. The van der Waals surface area contributed by atoms with Crippen molar-refractivity contribution in [3.05, 3.63) is 86.1 Å². The van der Waals surface area contributed by atoms with Gasteiger partial charge in [0, 0.05) is 21.5 Å². The third kappa shape index (κ3) is 4.29. The second kappa shape index (κ2) is 9.17. The molecule has 0 atom stereocenters. The van der Waals surface area contributed by atoms with Crippen LogP contribution < -0.4 is 10.2 Å². The number of aromatic nitrogens is 1. The smallest absolute Gasteiger partial charge is 0.337 e. The van der Waals surface area contributed by atoms with Gasteiger partial charge in [-0.15, -0.1) is 0 Å². The van der Waals surface area contributed by atoms with E-state index in [1.54, 1.807) is 36.4 Å². The Morgan fingerprint density at radius 1 is 1.09 bits per heavy atom. The summed E-state index contributed by atoms with van der Waals surface area (Å²) in [7, 11) is 0. The Bertz CT molecular complexity index is 1410. The fraction of sp³-hybridized carbons (Fsp3) is 0.0833. The maximum atomic E-state index is 13.3. The molecule has 1 aromatic heterocycles. The van der Waals surface area contributed by atoms with Crippen LogP contribution in [0, 0.1) is 13.8 Å². The average Bonchev–Trinajstić information content (AvgIpc) is 3.04. The summed E-state index contributed by atoms with van der Waals surface area (Å²) in [5.41, 5.74) is 3.34. The lowest BCUT2D eigenvalue weighted by Gasteiger charge is -2.29. The fourth-order valence-electron chi connectivity index (χ4n) is 3.79. The number of aryl methyl sites for hydroxylation is 1. The lowest BCUT2D eigenvalue weighted by Crippen LogP contribution is -2.54. The maximum absolute atomic E-state index is 13.3. The van der Waals surface area contributed by atoms with Crippen molar-refractivity contribution in [1.82, 2.24) is 9.88 Å². The van der Waals surface area contributed by atoms with Gasteiger partial charge in [0.05, 0.1) is 16.3 Å². The predicted molar refractivity (Wildman–Crippen MR) is 138 cm³/mol. The van der Waals surface area contributed by atoms with E-state index in [-0.39, 0.29) is 21.3 Å². The number of nitrogens with zero attached hydrogens (tertiary/aromatic N) is 2. The van der Waals surface area contributed by atoms with E-state index >= 15 is 0 Å². The monoisotopic (exact) mass is 557 g/mol. The largest absolute Gasteiger partial charge is 0.478 e. The minimum absolute atomic E-state index is 0.00342. The fourth-order valence-corrected chi connectivity index (χ4v) is 4.59. The quantitative estimate of drug-likeness (QED) is 0.266. The summed E-state index contributed by atoms with van der Waals surface area (Å²) >= 11 is 14.8. The Morgan fingerprint density at radius 3 is 2.35 bits per heavy atom. The van der Waals surface area contributed by atoms with Crippen molar-refractivity contribution in [2.45, 2.75) is 13.8 Å². The number of aromatic carboxylic acids is 1. The Balaban J connectivity index is 1.75. The molecule has 1 aliphatic heterocycles. The Hall–Kier alpha value is -3.27. The molecule has 0 spiro atoms. The number of carbonyl (C=O) groups excluding carboxylic acids is 2. The van der Waals surface area contributed by atoms with Crippen molar-refractivity contribution < 1.29 is 19.5 Å². The Labute approximate surface area is 213 Å². The number of rotatable bonds is 4. The molecule has 1 saturated heterocycles. The van der Waals surface area contributed by atoms with Gasteiger partial charge in [-0.2, -0.15) is 0 Å². The third-order valence-electron chi connectivity index (χ3n) is 5.40. The normalized spacial score (nSPS) is 15.1. The zero-order chi connectivity index (χ0) is 24.7. The molecule has 2 amide bonds. The number of carboxylic acid groups (broad SMARTS) is 1. The van der Waals surface area contributed by atoms with Gasteiger partial charge in [0.2, 0.25) is 0 Å². The zero-order valence-corrected chi connectivity index (χ0v) is 21.1. The minimum atomic E-state index is -1.11. The minimum Gasteiger partial charge on any atom is -0.478 e. The Kier molecular flexibility index (Phi) is 6.44. The highest BCUT2D eigenvalue weighted by Gasteiger charge is 2.34. The van der Waals surface area contributed by atoms with Crippen LogP contribution >= 0.6 is 39.7 Å². The average molecular weight is 559 g/mol. The number of amides is 2. The molecule has 4 rings (SSSR count). The second-order valence-corrected chi connectivity index (χ2v) is 9.28. The van der Waals surface area contributed by atoms with E-state index in [9.17, 15) is 19.5 Å². The highest BCUT2D eigenvalue weighted by Crippen LogP contribution is 2.28. The van der Waals surface area contributed by atoms with E-state index in [0.717, 1.165) is 15.9 Å². The van der Waals surface area contributed by atoms with Gasteiger partial charge in [0.15, 0.2) is 5.11 Å². The van der Waals surface area contributed by atoms with Crippen LogP contribution in [0.5, 0.6) is 0 Å². The summed E-state index contributed by atoms with van der Waals surface area (Å²) < 4.78 is 2.71. The van der Waals surface area contributed by atoms with Crippen LogP contribution in [0.4, 0.5) is 5.69 Å². The van der Waals surface area contributed by atoms with Crippen molar-refractivity contribution >= 4 is 74.4 Å².